The Morgan fingerprint density at radius 2 is 0.944 bits per heavy atom. The molecule has 0 bridgehead atoms. The van der Waals surface area contributed by atoms with Crippen molar-refractivity contribution in [3.63, 3.8) is 0 Å². The molecule has 2 heterocycles. The topological polar surface area (TPSA) is 53.2 Å². The van der Waals surface area contributed by atoms with Crippen molar-refractivity contribution in [2.75, 3.05) is 6.61 Å². The van der Waals surface area contributed by atoms with E-state index in [4.69, 9.17) is 4.18 Å². The Balaban J connectivity index is 1.10. The molecule has 264 valence electrons. The van der Waals surface area contributed by atoms with Crippen LogP contribution in [0.15, 0.2) is 163 Å². The first-order valence-electron chi connectivity index (χ1n) is 18.5. The van der Waals surface area contributed by atoms with E-state index in [1.165, 1.54) is 65.9 Å². The van der Waals surface area contributed by atoms with Gasteiger partial charge in [-0.2, -0.15) is 8.42 Å². The minimum Gasteiger partial charge on any atom is -0.309 e. The summed E-state index contributed by atoms with van der Waals surface area (Å²) in [7, 11) is -3.88. The van der Waals surface area contributed by atoms with Crippen molar-refractivity contribution in [2.24, 2.45) is 0 Å². The predicted octanol–water partition coefficient (Wildman–Crippen LogP) is 11.7. The van der Waals surface area contributed by atoms with Crippen molar-refractivity contribution in [1.82, 2.24) is 9.13 Å². The lowest BCUT2D eigenvalue weighted by Gasteiger charge is -2.28. The first-order chi connectivity index (χ1) is 26.3. The van der Waals surface area contributed by atoms with Gasteiger partial charge in [-0.05, 0) is 103 Å². The Bertz CT molecular complexity index is 2770. The number of nitrogens with zero attached hydrogens (tertiary/aromatic N) is 2. The molecule has 0 spiro atoms. The lowest BCUT2D eigenvalue weighted by Crippen LogP contribution is -2.22. The van der Waals surface area contributed by atoms with Gasteiger partial charge in [0, 0.05) is 38.3 Å². The van der Waals surface area contributed by atoms with Crippen molar-refractivity contribution in [3.05, 3.63) is 174 Å². The highest BCUT2D eigenvalue weighted by Crippen LogP contribution is 2.53. The van der Waals surface area contributed by atoms with Crippen LogP contribution in [-0.4, -0.2) is 24.2 Å². The molecule has 0 amide bonds. The summed E-state index contributed by atoms with van der Waals surface area (Å²) in [6, 6.07) is 55.0. The van der Waals surface area contributed by atoms with E-state index in [1.54, 1.807) is 24.3 Å². The molecule has 10 rings (SSSR count). The first kappa shape index (κ1) is 32.7. The van der Waals surface area contributed by atoms with E-state index in [0.29, 0.717) is 12.8 Å². The number of aromatic nitrogens is 2. The molecule has 54 heavy (non-hydrogen) atoms. The average molecular weight is 723 g/mol. The summed E-state index contributed by atoms with van der Waals surface area (Å²) in [6.07, 6.45) is 1.25. The quantitative estimate of drug-likeness (QED) is 0.116. The average Bonchev–Trinajstić information content (AvgIpc) is 3.80. The van der Waals surface area contributed by atoms with Crippen molar-refractivity contribution < 1.29 is 12.6 Å². The molecule has 9 aromatic rings. The van der Waals surface area contributed by atoms with Crippen molar-refractivity contribution in [2.45, 2.75) is 37.0 Å². The van der Waals surface area contributed by atoms with Gasteiger partial charge in [0.25, 0.3) is 10.1 Å². The molecule has 0 fully saturated rings. The zero-order valence-corrected chi connectivity index (χ0v) is 31.0. The molecule has 0 N–H and O–H groups in total. The fraction of sp³-hybridized carbons (Fsp3) is 0.125. The maximum atomic E-state index is 13.2. The zero-order valence-electron chi connectivity index (χ0n) is 30.2. The Kier molecular flexibility index (Phi) is 7.45. The Labute approximate surface area is 314 Å². The molecule has 7 aromatic carbocycles. The second kappa shape index (κ2) is 12.3. The van der Waals surface area contributed by atoms with Gasteiger partial charge in [-0.3, -0.25) is 4.18 Å². The molecule has 1 aliphatic carbocycles. The highest BCUT2D eigenvalue weighted by Gasteiger charge is 2.40. The van der Waals surface area contributed by atoms with E-state index >= 15 is 0 Å². The molecule has 0 radical (unpaired) electrons. The van der Waals surface area contributed by atoms with Crippen LogP contribution in [0, 0.1) is 6.92 Å². The van der Waals surface area contributed by atoms with Crippen LogP contribution in [0.2, 0.25) is 0 Å². The van der Waals surface area contributed by atoms with Crippen LogP contribution < -0.4 is 0 Å². The van der Waals surface area contributed by atoms with Gasteiger partial charge in [0.2, 0.25) is 0 Å². The van der Waals surface area contributed by atoms with Crippen LogP contribution in [-0.2, 0) is 19.7 Å². The molecule has 5 nitrogen and oxygen atoms in total. The van der Waals surface area contributed by atoms with E-state index in [0.717, 1.165) is 16.9 Å². The SMILES string of the molecule is Cc1ccc(S(=O)(=O)OCCCC2(C)c3cc(-n4c5ccccc5c5ccccc54)ccc3-c3ccc(-n4c5ccccc5c5ccccc54)cc32)cc1. The number of rotatable bonds is 8. The van der Waals surface area contributed by atoms with Gasteiger partial charge >= 0.3 is 0 Å². The van der Waals surface area contributed by atoms with Crippen LogP contribution in [0.3, 0.4) is 0 Å². The van der Waals surface area contributed by atoms with E-state index in [-0.39, 0.29) is 11.5 Å². The van der Waals surface area contributed by atoms with Gasteiger partial charge < -0.3 is 9.13 Å². The largest absolute Gasteiger partial charge is 0.309 e. The highest BCUT2D eigenvalue weighted by atomic mass is 32.2. The number of fused-ring (bicyclic) bond motifs is 9. The summed E-state index contributed by atoms with van der Waals surface area (Å²) >= 11 is 0. The van der Waals surface area contributed by atoms with Crippen LogP contribution in [0.5, 0.6) is 0 Å². The number of para-hydroxylation sites is 4. The molecule has 6 heteroatoms. The van der Waals surface area contributed by atoms with Gasteiger partial charge in [0.15, 0.2) is 0 Å². The van der Waals surface area contributed by atoms with Gasteiger partial charge in [0.1, 0.15) is 0 Å². The molecule has 0 unspecified atom stereocenters. The van der Waals surface area contributed by atoms with Gasteiger partial charge in [0.05, 0.1) is 33.6 Å². The summed E-state index contributed by atoms with van der Waals surface area (Å²) in [6.45, 7) is 4.35. The normalized spacial score (nSPS) is 13.6. The minimum atomic E-state index is -3.88. The molecule has 0 aliphatic heterocycles. The van der Waals surface area contributed by atoms with Crippen LogP contribution in [0.1, 0.15) is 36.5 Å². The molecule has 0 saturated carbocycles. The van der Waals surface area contributed by atoms with E-state index in [2.05, 4.69) is 150 Å². The van der Waals surface area contributed by atoms with E-state index in [9.17, 15) is 8.42 Å². The molecule has 0 atom stereocenters. The molecule has 0 saturated heterocycles. The number of aryl methyl sites for hydroxylation is 1. The lowest BCUT2D eigenvalue weighted by molar-refractivity contribution is 0.296. The third-order valence-corrected chi connectivity index (χ3v) is 12.9. The standard InChI is InChI=1S/C48H38N2O3S/c1-32-20-24-35(25-21-32)54(51,52)53-29-11-28-48(2)42-30-33(49-44-16-7-3-12-38(44)39-13-4-8-17-45(39)49)22-26-36(42)37-27-23-34(31-43(37)48)50-46-18-9-5-14-40(46)41-15-6-10-19-47(41)50/h3-10,12-27,30-31H,11,28-29H2,1-2H3. The lowest BCUT2D eigenvalue weighted by atomic mass is 9.76. The van der Waals surface area contributed by atoms with Gasteiger partial charge in [-0.1, -0.05) is 110 Å². The van der Waals surface area contributed by atoms with Crippen molar-refractivity contribution >= 4 is 53.7 Å². The summed E-state index contributed by atoms with van der Waals surface area (Å²) < 4.78 is 36.7. The Hall–Kier alpha value is -5.95. The predicted molar refractivity (Wildman–Crippen MR) is 221 cm³/mol. The van der Waals surface area contributed by atoms with E-state index < -0.39 is 15.5 Å². The van der Waals surface area contributed by atoms with Gasteiger partial charge in [-0.15, -0.1) is 0 Å². The second-order valence-corrected chi connectivity index (χ2v) is 16.3. The second-order valence-electron chi connectivity index (χ2n) is 14.7. The molecular formula is C48H38N2O3S. The van der Waals surface area contributed by atoms with Crippen LogP contribution in [0.25, 0.3) is 66.1 Å². The third-order valence-electron chi connectivity index (χ3n) is 11.5. The maximum absolute atomic E-state index is 13.2. The summed E-state index contributed by atoms with van der Waals surface area (Å²) in [4.78, 5) is 0.183. The molecule has 1 aliphatic rings. The zero-order chi connectivity index (χ0) is 36.6. The molecular weight excluding hydrogens is 685 g/mol. The number of hydrogen-bond acceptors (Lipinski definition) is 3. The Morgan fingerprint density at radius 1 is 0.537 bits per heavy atom. The summed E-state index contributed by atoms with van der Waals surface area (Å²) in [5.74, 6) is 0. The van der Waals surface area contributed by atoms with Crippen molar-refractivity contribution in [3.8, 4) is 22.5 Å². The van der Waals surface area contributed by atoms with Crippen LogP contribution in [0.4, 0.5) is 0 Å². The monoisotopic (exact) mass is 722 g/mol. The smallest absolute Gasteiger partial charge is 0.296 e. The maximum Gasteiger partial charge on any atom is 0.296 e. The molecule has 2 aromatic heterocycles. The van der Waals surface area contributed by atoms with E-state index in [1.807, 2.05) is 6.92 Å². The number of benzene rings is 7. The van der Waals surface area contributed by atoms with Crippen LogP contribution >= 0.6 is 0 Å². The minimum absolute atomic E-state index is 0.0929. The van der Waals surface area contributed by atoms with Crippen molar-refractivity contribution in [1.29, 1.82) is 0 Å². The Morgan fingerprint density at radius 3 is 1.37 bits per heavy atom. The summed E-state index contributed by atoms with van der Waals surface area (Å²) in [5, 5.41) is 4.90. The fourth-order valence-electron chi connectivity index (χ4n) is 8.91. The number of hydrogen-bond donors (Lipinski definition) is 0. The van der Waals surface area contributed by atoms with Gasteiger partial charge in [-0.25, -0.2) is 0 Å². The third kappa shape index (κ3) is 4.98. The highest BCUT2D eigenvalue weighted by molar-refractivity contribution is 7.86. The summed E-state index contributed by atoms with van der Waals surface area (Å²) in [5.41, 5.74) is 12.3. The first-order valence-corrected chi connectivity index (χ1v) is 20.0. The fourth-order valence-corrected chi connectivity index (χ4v) is 9.85.